The lowest BCUT2D eigenvalue weighted by Gasteiger charge is -2.26. The second kappa shape index (κ2) is 12.8. The third-order valence-electron chi connectivity index (χ3n) is 5.01. The Bertz CT molecular complexity index is 1350. The van der Waals surface area contributed by atoms with Gasteiger partial charge in [0.15, 0.2) is 0 Å². The molecule has 2 aromatic rings. The number of sulfonamides is 2. The molecule has 0 radical (unpaired) electrons. The van der Waals surface area contributed by atoms with Gasteiger partial charge in [-0.05, 0) is 37.2 Å². The predicted molar refractivity (Wildman–Crippen MR) is 129 cm³/mol. The predicted octanol–water partition coefficient (Wildman–Crippen LogP) is 0.758. The molecule has 0 bridgehead atoms. The topological polar surface area (TPSA) is 231 Å². The largest absolute Gasteiger partial charge is 0.379 e. The molecule has 18 heteroatoms. The molecule has 3 rings (SSSR count). The summed E-state index contributed by atoms with van der Waals surface area (Å²) in [7, 11) is -8.01. The molecule has 204 valence electrons. The second-order valence-corrected chi connectivity index (χ2v) is 10.8. The quantitative estimate of drug-likeness (QED) is 0.218. The zero-order valence-corrected chi connectivity index (χ0v) is 20.9. The van der Waals surface area contributed by atoms with Gasteiger partial charge in [0.25, 0.3) is 5.69 Å². The number of nitrogens with one attached hydrogen (secondary N) is 1. The number of anilines is 1. The molecule has 0 saturated carbocycles. The van der Waals surface area contributed by atoms with Gasteiger partial charge in [-0.1, -0.05) is 0 Å². The zero-order chi connectivity index (χ0) is 27.8. The Balaban J connectivity index is 0.000000294. The first kappa shape index (κ1) is 29.9. The molecule has 1 heterocycles. The summed E-state index contributed by atoms with van der Waals surface area (Å²) in [6.45, 7) is 4.67. The Morgan fingerprint density at radius 2 is 1.43 bits per heavy atom. The number of ether oxygens (including phenoxy) is 1. The highest BCUT2D eigenvalue weighted by atomic mass is 32.2. The SMILES string of the molecule is NS(=O)(=O)c1ccc(F)c([N+](=O)[O-])c1.NS(=O)(=O)c1ccc(NCCCN2CCOCC2)c([N+](=O)[O-])c1. The molecule has 0 aliphatic carbocycles. The maximum Gasteiger partial charge on any atom is 0.306 e. The molecule has 15 nitrogen and oxygen atoms in total. The van der Waals surface area contributed by atoms with Crippen molar-refractivity contribution in [1.29, 1.82) is 0 Å². The van der Waals surface area contributed by atoms with E-state index in [0.29, 0.717) is 18.7 Å². The number of hydrogen-bond acceptors (Lipinski definition) is 11. The maximum atomic E-state index is 12.7. The van der Waals surface area contributed by atoms with E-state index in [9.17, 15) is 41.5 Å². The first-order chi connectivity index (χ1) is 17.2. The van der Waals surface area contributed by atoms with E-state index in [1.54, 1.807) is 0 Å². The number of primary sulfonamides is 2. The van der Waals surface area contributed by atoms with Gasteiger partial charge >= 0.3 is 5.69 Å². The Hall–Kier alpha value is -3.29. The van der Waals surface area contributed by atoms with Crippen molar-refractivity contribution < 1.29 is 35.8 Å². The number of nitro groups is 2. The van der Waals surface area contributed by atoms with E-state index >= 15 is 0 Å². The maximum absolute atomic E-state index is 12.7. The van der Waals surface area contributed by atoms with Crippen LogP contribution in [0.2, 0.25) is 0 Å². The van der Waals surface area contributed by atoms with Crippen molar-refractivity contribution in [2.75, 3.05) is 44.7 Å². The summed E-state index contributed by atoms with van der Waals surface area (Å²) in [6, 6.07) is 5.71. The van der Waals surface area contributed by atoms with Crippen LogP contribution in [0.15, 0.2) is 46.2 Å². The summed E-state index contributed by atoms with van der Waals surface area (Å²) >= 11 is 0. The Morgan fingerprint density at radius 3 is 1.95 bits per heavy atom. The van der Waals surface area contributed by atoms with Crippen LogP contribution in [0.5, 0.6) is 0 Å². The van der Waals surface area contributed by atoms with Crippen molar-refractivity contribution in [1.82, 2.24) is 4.90 Å². The third kappa shape index (κ3) is 9.26. The van der Waals surface area contributed by atoms with Gasteiger partial charge in [0.2, 0.25) is 25.9 Å². The Morgan fingerprint density at radius 1 is 0.919 bits per heavy atom. The summed E-state index contributed by atoms with van der Waals surface area (Å²) in [4.78, 5) is 21.2. The second-order valence-electron chi connectivity index (χ2n) is 7.63. The van der Waals surface area contributed by atoms with Crippen molar-refractivity contribution in [2.45, 2.75) is 16.2 Å². The van der Waals surface area contributed by atoms with Crippen LogP contribution in [-0.4, -0.2) is 71.0 Å². The molecule has 37 heavy (non-hydrogen) atoms. The number of morpholine rings is 1. The summed E-state index contributed by atoms with van der Waals surface area (Å²) < 4.78 is 62.0. The minimum atomic E-state index is -4.05. The highest BCUT2D eigenvalue weighted by Crippen LogP contribution is 2.27. The fourth-order valence-corrected chi connectivity index (χ4v) is 4.22. The molecule has 0 aromatic heterocycles. The lowest BCUT2D eigenvalue weighted by Crippen LogP contribution is -2.37. The van der Waals surface area contributed by atoms with Crippen LogP contribution in [0.1, 0.15) is 6.42 Å². The van der Waals surface area contributed by atoms with Gasteiger partial charge in [-0.2, -0.15) is 4.39 Å². The molecule has 1 aliphatic heterocycles. The lowest BCUT2D eigenvalue weighted by atomic mass is 10.2. The first-order valence-corrected chi connectivity index (χ1v) is 13.6. The van der Waals surface area contributed by atoms with Gasteiger partial charge in [-0.3, -0.25) is 25.1 Å². The average Bonchev–Trinajstić information content (AvgIpc) is 2.81. The Kier molecular flexibility index (Phi) is 10.3. The minimum Gasteiger partial charge on any atom is -0.379 e. The van der Waals surface area contributed by atoms with Gasteiger partial charge in [0.1, 0.15) is 5.69 Å². The standard InChI is InChI=1S/C13H20N4O5S.C6H5FN2O4S/c14-23(20,21)11-2-3-12(13(10-11)17(18)19)15-4-1-5-16-6-8-22-9-7-16;7-5-2-1-4(14(8,12)13)3-6(5)9(10)11/h2-3,10,15H,1,4-9H2,(H2,14,20,21);1-3H,(H2,8,12,13). The van der Waals surface area contributed by atoms with E-state index in [4.69, 9.17) is 15.0 Å². The van der Waals surface area contributed by atoms with E-state index in [1.165, 1.54) is 12.1 Å². The normalized spacial score (nSPS) is 14.4. The minimum absolute atomic E-state index is 0.275. The zero-order valence-electron chi connectivity index (χ0n) is 19.3. The van der Waals surface area contributed by atoms with Crippen molar-refractivity contribution in [3.05, 3.63) is 62.4 Å². The van der Waals surface area contributed by atoms with Crippen LogP contribution in [-0.2, 0) is 24.8 Å². The van der Waals surface area contributed by atoms with Gasteiger partial charge < -0.3 is 10.1 Å². The van der Waals surface area contributed by atoms with Crippen LogP contribution < -0.4 is 15.6 Å². The van der Waals surface area contributed by atoms with Crippen LogP contribution in [0, 0.1) is 26.0 Å². The molecule has 1 fully saturated rings. The van der Waals surface area contributed by atoms with Gasteiger partial charge in [0, 0.05) is 31.8 Å². The van der Waals surface area contributed by atoms with Crippen LogP contribution >= 0.6 is 0 Å². The van der Waals surface area contributed by atoms with Crippen LogP contribution in [0.25, 0.3) is 0 Å². The number of nitro benzene ring substituents is 2. The van der Waals surface area contributed by atoms with Crippen molar-refractivity contribution in [2.24, 2.45) is 10.3 Å². The van der Waals surface area contributed by atoms with Gasteiger partial charge in [-0.15, -0.1) is 0 Å². The van der Waals surface area contributed by atoms with Gasteiger partial charge in [0.05, 0.1) is 32.9 Å². The fourth-order valence-electron chi connectivity index (χ4n) is 3.15. The summed E-state index contributed by atoms with van der Waals surface area (Å²) in [5, 5.41) is 34.0. The van der Waals surface area contributed by atoms with Gasteiger partial charge in [-0.25, -0.2) is 27.1 Å². The number of hydrogen-bond donors (Lipinski definition) is 3. The molecule has 5 N–H and O–H groups in total. The van der Waals surface area contributed by atoms with Crippen LogP contribution in [0.3, 0.4) is 0 Å². The monoisotopic (exact) mass is 564 g/mol. The van der Waals surface area contributed by atoms with E-state index in [0.717, 1.165) is 51.4 Å². The third-order valence-corrected chi connectivity index (χ3v) is 6.83. The molecule has 0 atom stereocenters. The Labute approximate surface area is 211 Å². The van der Waals surface area contributed by atoms with Crippen molar-refractivity contribution in [3.8, 4) is 0 Å². The lowest BCUT2D eigenvalue weighted by molar-refractivity contribution is -0.387. The van der Waals surface area contributed by atoms with Crippen molar-refractivity contribution >= 4 is 37.1 Å². The highest BCUT2D eigenvalue weighted by Gasteiger charge is 2.20. The summed E-state index contributed by atoms with van der Waals surface area (Å²) in [6.07, 6.45) is 0.814. The molecule has 0 amide bonds. The molecule has 1 saturated heterocycles. The molecule has 1 aliphatic rings. The average molecular weight is 565 g/mol. The summed E-state index contributed by atoms with van der Waals surface area (Å²) in [5.41, 5.74) is -0.941. The molecule has 2 aromatic carbocycles. The van der Waals surface area contributed by atoms with Crippen LogP contribution in [0.4, 0.5) is 21.5 Å². The molecule has 0 unspecified atom stereocenters. The highest BCUT2D eigenvalue weighted by molar-refractivity contribution is 7.89. The van der Waals surface area contributed by atoms with E-state index in [-0.39, 0.29) is 16.3 Å². The van der Waals surface area contributed by atoms with E-state index in [1.807, 2.05) is 0 Å². The number of rotatable bonds is 9. The molecular weight excluding hydrogens is 539 g/mol. The molecule has 0 spiro atoms. The smallest absolute Gasteiger partial charge is 0.306 e. The number of benzene rings is 2. The number of nitrogens with two attached hydrogens (primary N) is 2. The number of halogens is 1. The number of nitrogens with zero attached hydrogens (tertiary/aromatic N) is 3. The summed E-state index contributed by atoms with van der Waals surface area (Å²) in [5.74, 6) is -1.11. The fraction of sp³-hybridized carbons (Fsp3) is 0.368. The van der Waals surface area contributed by atoms with E-state index in [2.05, 4.69) is 10.2 Å². The van der Waals surface area contributed by atoms with E-state index < -0.39 is 46.3 Å². The molecular formula is C19H25FN6O9S2. The van der Waals surface area contributed by atoms with Crippen molar-refractivity contribution in [3.63, 3.8) is 0 Å². The first-order valence-electron chi connectivity index (χ1n) is 10.5.